The Hall–Kier alpha value is -1.42. The van der Waals surface area contributed by atoms with Gasteiger partial charge in [0.05, 0.1) is 18.8 Å². The number of aromatic nitrogens is 1. The Morgan fingerprint density at radius 3 is 2.94 bits per heavy atom. The molecule has 0 bridgehead atoms. The van der Waals surface area contributed by atoms with Gasteiger partial charge in [-0.2, -0.15) is 0 Å². The lowest BCUT2D eigenvalue weighted by molar-refractivity contribution is 0.0989. The molecule has 0 aromatic carbocycles. The fourth-order valence-corrected chi connectivity index (χ4v) is 1.53. The Morgan fingerprint density at radius 1 is 1.53 bits per heavy atom. The zero-order valence-electron chi connectivity index (χ0n) is 10.3. The molecule has 4 nitrogen and oxygen atoms in total. The molecule has 1 aromatic heterocycles. The summed E-state index contributed by atoms with van der Waals surface area (Å²) in [6.07, 6.45) is 5.67. The third-order valence-corrected chi connectivity index (χ3v) is 2.54. The van der Waals surface area contributed by atoms with Crippen molar-refractivity contribution in [1.82, 2.24) is 10.3 Å². The molecule has 0 amide bonds. The summed E-state index contributed by atoms with van der Waals surface area (Å²) in [5.41, 5.74) is 0.608. The van der Waals surface area contributed by atoms with Gasteiger partial charge in [0.25, 0.3) is 0 Å². The van der Waals surface area contributed by atoms with Crippen LogP contribution in [0.4, 0.5) is 0 Å². The molecule has 4 heteroatoms. The van der Waals surface area contributed by atoms with Crippen molar-refractivity contribution in [2.75, 3.05) is 6.54 Å². The van der Waals surface area contributed by atoms with Gasteiger partial charge < -0.3 is 10.1 Å². The van der Waals surface area contributed by atoms with Gasteiger partial charge in [0, 0.05) is 17.8 Å². The Balaban J connectivity index is 1.95. The molecular weight excluding hydrogens is 216 g/mol. The Labute approximate surface area is 101 Å². The average Bonchev–Trinajstić information content (AvgIpc) is 3.09. The molecule has 1 fully saturated rings. The first kappa shape index (κ1) is 12.0. The highest BCUT2D eigenvalue weighted by Gasteiger charge is 2.21. The number of rotatable bonds is 6. The molecule has 1 N–H and O–H groups in total. The Kier molecular flexibility index (Phi) is 3.74. The Bertz CT molecular complexity index is 400. The third kappa shape index (κ3) is 3.82. The zero-order chi connectivity index (χ0) is 12.3. The van der Waals surface area contributed by atoms with Crippen LogP contribution in [0.3, 0.4) is 0 Å². The van der Waals surface area contributed by atoms with E-state index in [0.717, 1.165) is 0 Å². The second-order valence-corrected chi connectivity index (χ2v) is 4.65. The maximum Gasteiger partial charge on any atom is 0.178 e. The van der Waals surface area contributed by atoms with Crippen molar-refractivity contribution in [2.45, 2.75) is 38.8 Å². The maximum absolute atomic E-state index is 11.9. The molecule has 17 heavy (non-hydrogen) atoms. The lowest BCUT2D eigenvalue weighted by Gasteiger charge is -2.10. The van der Waals surface area contributed by atoms with E-state index in [1.165, 1.54) is 12.8 Å². The van der Waals surface area contributed by atoms with Crippen LogP contribution in [0.15, 0.2) is 18.5 Å². The van der Waals surface area contributed by atoms with Crippen molar-refractivity contribution in [3.8, 4) is 5.75 Å². The van der Waals surface area contributed by atoms with Crippen molar-refractivity contribution in [2.24, 2.45) is 0 Å². The molecular formula is C13H18N2O2. The molecule has 1 aromatic rings. The number of nitrogens with zero attached hydrogens (tertiary/aromatic N) is 1. The van der Waals surface area contributed by atoms with E-state index >= 15 is 0 Å². The minimum atomic E-state index is 0.0682. The summed E-state index contributed by atoms with van der Waals surface area (Å²) in [6, 6.07) is 2.30. The lowest BCUT2D eigenvalue weighted by Crippen LogP contribution is -2.25. The number of pyridine rings is 1. The van der Waals surface area contributed by atoms with Gasteiger partial charge in [0.1, 0.15) is 5.75 Å². The van der Waals surface area contributed by atoms with Crippen LogP contribution in [0, 0.1) is 0 Å². The molecule has 0 radical (unpaired) electrons. The fraction of sp³-hybridized carbons (Fsp3) is 0.538. The first-order valence-corrected chi connectivity index (χ1v) is 6.03. The molecule has 0 atom stereocenters. The van der Waals surface area contributed by atoms with Gasteiger partial charge in [-0.15, -0.1) is 0 Å². The van der Waals surface area contributed by atoms with Crippen molar-refractivity contribution >= 4 is 5.78 Å². The van der Waals surface area contributed by atoms with Crippen molar-refractivity contribution in [3.05, 3.63) is 24.0 Å². The summed E-state index contributed by atoms with van der Waals surface area (Å²) >= 11 is 0. The van der Waals surface area contributed by atoms with E-state index in [1.807, 2.05) is 13.8 Å². The minimum absolute atomic E-state index is 0.0682. The minimum Gasteiger partial charge on any atom is -0.489 e. The number of hydrogen-bond acceptors (Lipinski definition) is 4. The SMILES string of the molecule is CC(C)Oc1cncc(C(=O)CNC2CC2)c1. The predicted octanol–water partition coefficient (Wildman–Crippen LogP) is 1.80. The number of ether oxygens (including phenoxy) is 1. The number of hydrogen-bond donors (Lipinski definition) is 1. The first-order valence-electron chi connectivity index (χ1n) is 6.03. The second-order valence-electron chi connectivity index (χ2n) is 4.65. The van der Waals surface area contributed by atoms with Crippen LogP contribution in [0.2, 0.25) is 0 Å². The molecule has 1 aliphatic rings. The highest BCUT2D eigenvalue weighted by molar-refractivity contribution is 5.97. The summed E-state index contributed by atoms with van der Waals surface area (Å²) in [4.78, 5) is 15.9. The van der Waals surface area contributed by atoms with Gasteiger partial charge >= 0.3 is 0 Å². The molecule has 2 rings (SSSR count). The monoisotopic (exact) mass is 234 g/mol. The van der Waals surface area contributed by atoms with Gasteiger partial charge in [0.15, 0.2) is 5.78 Å². The van der Waals surface area contributed by atoms with Crippen LogP contribution < -0.4 is 10.1 Å². The van der Waals surface area contributed by atoms with E-state index < -0.39 is 0 Å². The summed E-state index contributed by atoms with van der Waals surface area (Å²) in [5.74, 6) is 0.718. The third-order valence-electron chi connectivity index (χ3n) is 2.54. The van der Waals surface area contributed by atoms with Crippen LogP contribution in [0.5, 0.6) is 5.75 Å². The molecule has 0 spiro atoms. The van der Waals surface area contributed by atoms with E-state index in [2.05, 4.69) is 10.3 Å². The topological polar surface area (TPSA) is 51.2 Å². The largest absolute Gasteiger partial charge is 0.489 e. The number of ketones is 1. The van der Waals surface area contributed by atoms with Crippen LogP contribution in [0.25, 0.3) is 0 Å². The number of carbonyl (C=O) groups excluding carboxylic acids is 1. The van der Waals surface area contributed by atoms with E-state index in [9.17, 15) is 4.79 Å². The van der Waals surface area contributed by atoms with Crippen molar-refractivity contribution in [1.29, 1.82) is 0 Å². The molecule has 1 heterocycles. The summed E-state index contributed by atoms with van der Waals surface area (Å²) in [6.45, 7) is 4.28. The van der Waals surface area contributed by atoms with E-state index in [4.69, 9.17) is 4.74 Å². The average molecular weight is 234 g/mol. The van der Waals surface area contributed by atoms with Crippen LogP contribution >= 0.6 is 0 Å². The highest BCUT2D eigenvalue weighted by Crippen LogP contribution is 2.18. The highest BCUT2D eigenvalue weighted by atomic mass is 16.5. The second kappa shape index (κ2) is 5.27. The van der Waals surface area contributed by atoms with Gasteiger partial charge in [-0.25, -0.2) is 0 Å². The molecule has 92 valence electrons. The van der Waals surface area contributed by atoms with Gasteiger partial charge in [-0.3, -0.25) is 9.78 Å². The molecule has 0 saturated heterocycles. The van der Waals surface area contributed by atoms with Gasteiger partial charge in [-0.1, -0.05) is 0 Å². The Morgan fingerprint density at radius 2 is 2.29 bits per heavy atom. The summed E-state index contributed by atoms with van der Waals surface area (Å²) in [7, 11) is 0. The summed E-state index contributed by atoms with van der Waals surface area (Å²) in [5, 5.41) is 3.20. The standard InChI is InChI=1S/C13H18N2O2/c1-9(2)17-12-5-10(6-14-7-12)13(16)8-15-11-3-4-11/h5-7,9,11,15H,3-4,8H2,1-2H3. The van der Waals surface area contributed by atoms with Crippen molar-refractivity contribution < 1.29 is 9.53 Å². The molecule has 1 aliphatic carbocycles. The van der Waals surface area contributed by atoms with E-state index in [1.54, 1.807) is 18.5 Å². The summed E-state index contributed by atoms with van der Waals surface area (Å²) < 4.78 is 5.51. The first-order chi connectivity index (χ1) is 8.15. The van der Waals surface area contributed by atoms with Crippen molar-refractivity contribution in [3.63, 3.8) is 0 Å². The zero-order valence-corrected chi connectivity index (χ0v) is 10.3. The van der Waals surface area contributed by atoms with Crippen LogP contribution in [-0.2, 0) is 0 Å². The molecule has 0 unspecified atom stereocenters. The van der Waals surface area contributed by atoms with E-state index in [0.29, 0.717) is 23.9 Å². The fourth-order valence-electron chi connectivity index (χ4n) is 1.53. The van der Waals surface area contributed by atoms with Gasteiger partial charge in [-0.05, 0) is 32.8 Å². The van der Waals surface area contributed by atoms with Crippen LogP contribution in [0.1, 0.15) is 37.0 Å². The number of Topliss-reactive ketones (excluding diaryl/α,β-unsaturated/α-hetero) is 1. The normalized spacial score (nSPS) is 15.0. The maximum atomic E-state index is 11.9. The van der Waals surface area contributed by atoms with E-state index in [-0.39, 0.29) is 11.9 Å². The van der Waals surface area contributed by atoms with Crippen LogP contribution in [-0.4, -0.2) is 29.5 Å². The lowest BCUT2D eigenvalue weighted by atomic mass is 10.2. The molecule has 0 aliphatic heterocycles. The quantitative estimate of drug-likeness (QED) is 0.763. The predicted molar refractivity (Wildman–Crippen MR) is 65.4 cm³/mol. The number of nitrogens with one attached hydrogen (secondary N) is 1. The molecule has 1 saturated carbocycles. The van der Waals surface area contributed by atoms with Gasteiger partial charge in [0.2, 0.25) is 0 Å². The smallest absolute Gasteiger partial charge is 0.178 e. The number of carbonyl (C=O) groups is 1.